The maximum absolute atomic E-state index is 12.2. The van der Waals surface area contributed by atoms with Gasteiger partial charge in [0, 0.05) is 18.8 Å². The molecule has 2 aromatic heterocycles. The van der Waals surface area contributed by atoms with Crippen LogP contribution in [0.2, 0.25) is 10.0 Å². The number of aromatic amines is 1. The van der Waals surface area contributed by atoms with Gasteiger partial charge in [-0.15, -0.1) is 0 Å². The van der Waals surface area contributed by atoms with Gasteiger partial charge in [0.25, 0.3) is 5.91 Å². The van der Waals surface area contributed by atoms with Gasteiger partial charge in [-0.05, 0) is 24.3 Å². The molecule has 3 aromatic rings. The van der Waals surface area contributed by atoms with Crippen LogP contribution in [0.5, 0.6) is 0 Å². The number of hydrogen-bond donors (Lipinski definition) is 2. The van der Waals surface area contributed by atoms with E-state index in [9.17, 15) is 4.79 Å². The van der Waals surface area contributed by atoms with E-state index < -0.39 is 0 Å². The van der Waals surface area contributed by atoms with Gasteiger partial charge in [0.15, 0.2) is 0 Å². The average molecular weight is 350 g/mol. The van der Waals surface area contributed by atoms with Crippen molar-refractivity contribution in [1.82, 2.24) is 25.3 Å². The van der Waals surface area contributed by atoms with Gasteiger partial charge in [-0.25, -0.2) is 0 Å². The summed E-state index contributed by atoms with van der Waals surface area (Å²) in [5.41, 5.74) is 2.67. The van der Waals surface area contributed by atoms with Gasteiger partial charge in [-0.3, -0.25) is 14.6 Å². The Labute approximate surface area is 142 Å². The van der Waals surface area contributed by atoms with Crippen LogP contribution in [0.15, 0.2) is 36.5 Å². The summed E-state index contributed by atoms with van der Waals surface area (Å²) >= 11 is 11.9. The number of benzene rings is 1. The molecule has 23 heavy (non-hydrogen) atoms. The van der Waals surface area contributed by atoms with Crippen molar-refractivity contribution in [1.29, 1.82) is 0 Å². The van der Waals surface area contributed by atoms with Crippen LogP contribution in [0.1, 0.15) is 16.2 Å². The Morgan fingerprint density at radius 3 is 2.78 bits per heavy atom. The lowest BCUT2D eigenvalue weighted by atomic mass is 10.1. The number of rotatable bonds is 4. The van der Waals surface area contributed by atoms with E-state index in [1.54, 1.807) is 35.1 Å². The largest absolute Gasteiger partial charge is 0.345 e. The van der Waals surface area contributed by atoms with E-state index in [2.05, 4.69) is 20.6 Å². The van der Waals surface area contributed by atoms with Crippen molar-refractivity contribution < 1.29 is 4.79 Å². The SMILES string of the molecule is Cn1nccc1CNC(=O)c1cc(-c2ccc(Cl)c(Cl)c2)n[nH]1. The highest BCUT2D eigenvalue weighted by atomic mass is 35.5. The molecule has 0 unspecified atom stereocenters. The summed E-state index contributed by atoms with van der Waals surface area (Å²) in [6.07, 6.45) is 1.68. The minimum absolute atomic E-state index is 0.245. The quantitative estimate of drug-likeness (QED) is 0.759. The van der Waals surface area contributed by atoms with Gasteiger partial charge >= 0.3 is 0 Å². The molecular formula is C15H13Cl2N5O. The zero-order valence-corrected chi connectivity index (χ0v) is 13.7. The third-order valence-corrected chi connectivity index (χ3v) is 4.13. The number of nitrogens with zero attached hydrogens (tertiary/aromatic N) is 3. The molecule has 0 aliphatic carbocycles. The molecule has 0 fully saturated rings. The monoisotopic (exact) mass is 349 g/mol. The molecule has 0 radical (unpaired) electrons. The van der Waals surface area contributed by atoms with Crippen LogP contribution in [-0.4, -0.2) is 25.9 Å². The van der Waals surface area contributed by atoms with Crippen molar-refractivity contribution in [3.05, 3.63) is 58.0 Å². The van der Waals surface area contributed by atoms with E-state index in [4.69, 9.17) is 23.2 Å². The lowest BCUT2D eigenvalue weighted by Crippen LogP contribution is -2.24. The number of carbonyl (C=O) groups is 1. The van der Waals surface area contributed by atoms with Gasteiger partial charge in [-0.1, -0.05) is 29.3 Å². The van der Waals surface area contributed by atoms with E-state index in [-0.39, 0.29) is 5.91 Å². The number of halogens is 2. The molecule has 3 rings (SSSR count). The maximum atomic E-state index is 12.2. The van der Waals surface area contributed by atoms with Gasteiger partial charge in [0.05, 0.1) is 28.0 Å². The normalized spacial score (nSPS) is 10.7. The standard InChI is InChI=1S/C15H13Cl2N5O/c1-22-10(4-5-19-22)8-18-15(23)14-7-13(20-21-14)9-2-3-11(16)12(17)6-9/h2-7H,8H2,1H3,(H,18,23)(H,20,21). The molecule has 0 saturated heterocycles. The summed E-state index contributed by atoms with van der Waals surface area (Å²) in [4.78, 5) is 12.2. The molecule has 0 aliphatic heterocycles. The fraction of sp³-hybridized carbons (Fsp3) is 0.133. The highest BCUT2D eigenvalue weighted by molar-refractivity contribution is 6.42. The van der Waals surface area contributed by atoms with E-state index in [0.717, 1.165) is 11.3 Å². The van der Waals surface area contributed by atoms with Gasteiger partial charge in [-0.2, -0.15) is 10.2 Å². The van der Waals surface area contributed by atoms with Gasteiger partial charge in [0.2, 0.25) is 0 Å². The molecule has 0 aliphatic rings. The van der Waals surface area contributed by atoms with Gasteiger partial charge in [0.1, 0.15) is 5.69 Å². The lowest BCUT2D eigenvalue weighted by molar-refractivity contribution is 0.0945. The maximum Gasteiger partial charge on any atom is 0.269 e. The molecule has 1 amide bonds. The summed E-state index contributed by atoms with van der Waals surface area (Å²) in [5.74, 6) is -0.245. The molecule has 2 N–H and O–H groups in total. The number of aryl methyl sites for hydroxylation is 1. The van der Waals surface area contributed by atoms with Crippen molar-refractivity contribution in [3.8, 4) is 11.3 Å². The van der Waals surface area contributed by atoms with Crippen molar-refractivity contribution in [2.75, 3.05) is 0 Å². The first-order valence-electron chi connectivity index (χ1n) is 6.80. The smallest absolute Gasteiger partial charge is 0.269 e. The number of H-pyrrole nitrogens is 1. The Balaban J connectivity index is 1.72. The zero-order valence-electron chi connectivity index (χ0n) is 12.2. The molecule has 8 heteroatoms. The van der Waals surface area contributed by atoms with Crippen molar-refractivity contribution in [3.63, 3.8) is 0 Å². The lowest BCUT2D eigenvalue weighted by Gasteiger charge is -2.03. The third-order valence-electron chi connectivity index (χ3n) is 3.39. The Morgan fingerprint density at radius 2 is 2.09 bits per heavy atom. The highest BCUT2D eigenvalue weighted by Crippen LogP contribution is 2.27. The van der Waals surface area contributed by atoms with Crippen LogP contribution < -0.4 is 5.32 Å². The summed E-state index contributed by atoms with van der Waals surface area (Å²) in [6.45, 7) is 0.385. The topological polar surface area (TPSA) is 75.6 Å². The Hall–Kier alpha value is -2.31. The minimum Gasteiger partial charge on any atom is -0.345 e. The van der Waals surface area contributed by atoms with Crippen LogP contribution in [0.3, 0.4) is 0 Å². The van der Waals surface area contributed by atoms with E-state index in [1.165, 1.54) is 0 Å². The molecule has 1 aromatic carbocycles. The van der Waals surface area contributed by atoms with Crippen molar-refractivity contribution in [2.24, 2.45) is 7.05 Å². The second-order valence-corrected chi connectivity index (χ2v) is 5.74. The fourth-order valence-electron chi connectivity index (χ4n) is 2.08. The van der Waals surface area contributed by atoms with E-state index in [0.29, 0.717) is 28.0 Å². The van der Waals surface area contributed by atoms with Crippen molar-refractivity contribution in [2.45, 2.75) is 6.54 Å². The second-order valence-electron chi connectivity index (χ2n) is 4.92. The fourth-order valence-corrected chi connectivity index (χ4v) is 2.38. The summed E-state index contributed by atoms with van der Waals surface area (Å²) in [5, 5.41) is 14.6. The minimum atomic E-state index is -0.245. The predicted molar refractivity (Wildman–Crippen MR) is 88.4 cm³/mol. The molecular weight excluding hydrogens is 337 g/mol. The second kappa shape index (κ2) is 6.44. The number of hydrogen-bond acceptors (Lipinski definition) is 3. The summed E-state index contributed by atoms with van der Waals surface area (Å²) in [7, 11) is 1.82. The highest BCUT2D eigenvalue weighted by Gasteiger charge is 2.12. The molecule has 6 nitrogen and oxygen atoms in total. The summed E-state index contributed by atoms with van der Waals surface area (Å²) < 4.78 is 1.70. The van der Waals surface area contributed by atoms with E-state index >= 15 is 0 Å². The van der Waals surface area contributed by atoms with Crippen LogP contribution in [-0.2, 0) is 13.6 Å². The van der Waals surface area contributed by atoms with E-state index in [1.807, 2.05) is 13.1 Å². The number of amides is 1. The van der Waals surface area contributed by atoms with Gasteiger partial charge < -0.3 is 5.32 Å². The first-order chi connectivity index (χ1) is 11.0. The van der Waals surface area contributed by atoms with Crippen LogP contribution in [0.25, 0.3) is 11.3 Å². The molecule has 118 valence electrons. The molecule has 0 spiro atoms. The number of aromatic nitrogens is 4. The molecule has 2 heterocycles. The first-order valence-corrected chi connectivity index (χ1v) is 7.56. The average Bonchev–Trinajstić information content (AvgIpc) is 3.17. The zero-order chi connectivity index (χ0) is 16.4. The Kier molecular flexibility index (Phi) is 4.36. The molecule has 0 atom stereocenters. The third kappa shape index (κ3) is 3.38. The Morgan fingerprint density at radius 1 is 1.26 bits per heavy atom. The van der Waals surface area contributed by atoms with Crippen LogP contribution >= 0.6 is 23.2 Å². The molecule has 0 bridgehead atoms. The van der Waals surface area contributed by atoms with Crippen molar-refractivity contribution >= 4 is 29.1 Å². The summed E-state index contributed by atoms with van der Waals surface area (Å²) in [6, 6.07) is 8.70. The molecule has 0 saturated carbocycles. The first kappa shape index (κ1) is 15.6. The van der Waals surface area contributed by atoms with Crippen LogP contribution in [0.4, 0.5) is 0 Å². The van der Waals surface area contributed by atoms with Crippen LogP contribution in [0, 0.1) is 0 Å². The number of carbonyl (C=O) groups excluding carboxylic acids is 1. The number of nitrogens with one attached hydrogen (secondary N) is 2. The Bertz CT molecular complexity index is 855. The predicted octanol–water partition coefficient (Wildman–Crippen LogP) is 3.05.